The molecule has 1 aromatic carbocycles. The first-order valence-electron chi connectivity index (χ1n) is 7.96. The van der Waals surface area contributed by atoms with Crippen LogP contribution in [0.3, 0.4) is 0 Å². The Bertz CT molecular complexity index is 454. The molecule has 3 rings (SSSR count). The van der Waals surface area contributed by atoms with Crippen LogP contribution in [-0.4, -0.2) is 31.1 Å². The molecule has 0 aromatic heterocycles. The van der Waals surface area contributed by atoms with Gasteiger partial charge in [0.25, 0.3) is 0 Å². The van der Waals surface area contributed by atoms with E-state index in [9.17, 15) is 4.39 Å². The summed E-state index contributed by atoms with van der Waals surface area (Å²) in [7, 11) is 0. The number of hydrogen-bond acceptors (Lipinski definition) is 2. The zero-order chi connectivity index (χ0) is 13.9. The second-order valence-electron chi connectivity index (χ2n) is 6.28. The molecule has 1 saturated heterocycles. The minimum Gasteiger partial charge on any atom is -0.314 e. The van der Waals surface area contributed by atoms with Crippen LogP contribution in [0.5, 0.6) is 0 Å². The first kappa shape index (κ1) is 16.7. The van der Waals surface area contributed by atoms with Crippen molar-refractivity contribution in [3.05, 3.63) is 35.1 Å². The third-order valence-corrected chi connectivity index (χ3v) is 4.91. The molecule has 0 spiro atoms. The highest BCUT2D eigenvalue weighted by Crippen LogP contribution is 2.39. The summed E-state index contributed by atoms with van der Waals surface area (Å²) in [5, 5.41) is 3.43. The Balaban J connectivity index is 0.00000161. The minimum atomic E-state index is -0.0840. The number of piperazine rings is 1. The molecule has 2 nitrogen and oxygen atoms in total. The summed E-state index contributed by atoms with van der Waals surface area (Å²) >= 11 is 0. The molecule has 1 aromatic rings. The average Bonchev–Trinajstić information content (AvgIpc) is 2.98. The summed E-state index contributed by atoms with van der Waals surface area (Å²) in [5.74, 6) is 0.664. The molecule has 21 heavy (non-hydrogen) atoms. The van der Waals surface area contributed by atoms with Gasteiger partial charge in [-0.1, -0.05) is 25.0 Å². The molecule has 1 aliphatic heterocycles. The van der Waals surface area contributed by atoms with E-state index in [1.807, 2.05) is 13.0 Å². The summed E-state index contributed by atoms with van der Waals surface area (Å²) in [6.07, 6.45) is 5.36. The number of halogens is 2. The maximum atomic E-state index is 13.6. The van der Waals surface area contributed by atoms with Gasteiger partial charge in [-0.15, -0.1) is 12.4 Å². The fourth-order valence-corrected chi connectivity index (χ4v) is 3.87. The van der Waals surface area contributed by atoms with Gasteiger partial charge in [-0.2, -0.15) is 0 Å². The highest BCUT2D eigenvalue weighted by Gasteiger charge is 2.31. The maximum Gasteiger partial charge on any atom is 0.126 e. The number of benzene rings is 1. The van der Waals surface area contributed by atoms with Crippen LogP contribution in [0.25, 0.3) is 0 Å². The van der Waals surface area contributed by atoms with E-state index in [1.165, 1.54) is 31.2 Å². The Kier molecular flexibility index (Phi) is 6.03. The largest absolute Gasteiger partial charge is 0.314 e. The summed E-state index contributed by atoms with van der Waals surface area (Å²) < 4.78 is 13.6. The Labute approximate surface area is 133 Å². The van der Waals surface area contributed by atoms with Gasteiger partial charge in [0, 0.05) is 32.2 Å². The third-order valence-electron chi connectivity index (χ3n) is 4.91. The molecule has 0 bridgehead atoms. The van der Waals surface area contributed by atoms with E-state index < -0.39 is 0 Å². The molecule has 1 N–H and O–H groups in total. The van der Waals surface area contributed by atoms with Gasteiger partial charge in [0.1, 0.15) is 5.82 Å². The molecule has 0 amide bonds. The van der Waals surface area contributed by atoms with E-state index in [1.54, 1.807) is 6.07 Å². The topological polar surface area (TPSA) is 15.3 Å². The maximum absolute atomic E-state index is 13.6. The molecular weight excluding hydrogens is 287 g/mol. The third kappa shape index (κ3) is 3.77. The zero-order valence-electron chi connectivity index (χ0n) is 12.8. The van der Waals surface area contributed by atoms with E-state index in [0.717, 1.165) is 37.7 Å². The molecule has 2 fully saturated rings. The molecule has 1 saturated carbocycles. The van der Waals surface area contributed by atoms with Crippen molar-refractivity contribution in [3.63, 3.8) is 0 Å². The molecular formula is C17H26ClFN2. The van der Waals surface area contributed by atoms with Crippen molar-refractivity contribution in [2.75, 3.05) is 26.2 Å². The van der Waals surface area contributed by atoms with Crippen LogP contribution in [0.4, 0.5) is 4.39 Å². The lowest BCUT2D eigenvalue weighted by Crippen LogP contribution is -2.46. The molecule has 0 unspecified atom stereocenters. The summed E-state index contributed by atoms with van der Waals surface area (Å²) in [6, 6.07) is 6.21. The lowest BCUT2D eigenvalue weighted by Gasteiger charge is -2.38. The Morgan fingerprint density at radius 1 is 1.19 bits per heavy atom. The highest BCUT2D eigenvalue weighted by molar-refractivity contribution is 5.85. The Hall–Kier alpha value is -0.640. The van der Waals surface area contributed by atoms with Crippen molar-refractivity contribution in [2.24, 2.45) is 5.92 Å². The normalized spacial score (nSPS) is 22.0. The van der Waals surface area contributed by atoms with Crippen molar-refractivity contribution < 1.29 is 4.39 Å². The van der Waals surface area contributed by atoms with Crippen LogP contribution < -0.4 is 5.32 Å². The summed E-state index contributed by atoms with van der Waals surface area (Å²) in [4.78, 5) is 2.61. The lowest BCUT2D eigenvalue weighted by atomic mass is 9.89. The van der Waals surface area contributed by atoms with Crippen molar-refractivity contribution in [2.45, 2.75) is 38.6 Å². The fraction of sp³-hybridized carbons (Fsp3) is 0.647. The second kappa shape index (κ2) is 7.57. The predicted molar refractivity (Wildman–Crippen MR) is 87.5 cm³/mol. The first-order chi connectivity index (χ1) is 9.75. The van der Waals surface area contributed by atoms with Gasteiger partial charge in [0.05, 0.1) is 0 Å². The van der Waals surface area contributed by atoms with Gasteiger partial charge in [-0.3, -0.25) is 4.90 Å². The van der Waals surface area contributed by atoms with E-state index in [-0.39, 0.29) is 18.2 Å². The predicted octanol–water partition coefficient (Wildman–Crippen LogP) is 3.69. The van der Waals surface area contributed by atoms with E-state index >= 15 is 0 Å². The van der Waals surface area contributed by atoms with Gasteiger partial charge in [0.2, 0.25) is 0 Å². The number of hydrogen-bond donors (Lipinski definition) is 1. The van der Waals surface area contributed by atoms with Crippen LogP contribution in [-0.2, 0) is 0 Å². The second-order valence-corrected chi connectivity index (χ2v) is 6.28. The van der Waals surface area contributed by atoms with Gasteiger partial charge >= 0.3 is 0 Å². The minimum absolute atomic E-state index is 0. The number of rotatable bonds is 3. The van der Waals surface area contributed by atoms with Crippen LogP contribution >= 0.6 is 12.4 Å². The monoisotopic (exact) mass is 312 g/mol. The molecule has 1 heterocycles. The van der Waals surface area contributed by atoms with Crippen molar-refractivity contribution in [3.8, 4) is 0 Å². The zero-order valence-corrected chi connectivity index (χ0v) is 13.6. The SMILES string of the molecule is Cc1cc([C@@H](C2CCCC2)N2CCNCC2)ccc1F.Cl. The van der Waals surface area contributed by atoms with Gasteiger partial charge in [0.15, 0.2) is 0 Å². The van der Waals surface area contributed by atoms with Crippen LogP contribution in [0.15, 0.2) is 18.2 Å². The van der Waals surface area contributed by atoms with E-state index in [4.69, 9.17) is 0 Å². The summed E-state index contributed by atoms with van der Waals surface area (Å²) in [6.45, 7) is 6.24. The number of aryl methyl sites for hydroxylation is 1. The molecule has 1 aliphatic carbocycles. The molecule has 118 valence electrons. The Morgan fingerprint density at radius 3 is 2.48 bits per heavy atom. The average molecular weight is 313 g/mol. The van der Waals surface area contributed by atoms with Crippen LogP contribution in [0.1, 0.15) is 42.9 Å². The van der Waals surface area contributed by atoms with E-state index in [2.05, 4.69) is 16.3 Å². The molecule has 1 atom stereocenters. The Morgan fingerprint density at radius 2 is 1.86 bits per heavy atom. The van der Waals surface area contributed by atoms with Crippen molar-refractivity contribution >= 4 is 12.4 Å². The van der Waals surface area contributed by atoms with Gasteiger partial charge in [-0.25, -0.2) is 4.39 Å². The van der Waals surface area contributed by atoms with Crippen LogP contribution in [0, 0.1) is 18.7 Å². The highest BCUT2D eigenvalue weighted by atomic mass is 35.5. The first-order valence-corrected chi connectivity index (χ1v) is 7.96. The number of nitrogens with zero attached hydrogens (tertiary/aromatic N) is 1. The molecule has 2 aliphatic rings. The quantitative estimate of drug-likeness (QED) is 0.915. The molecule has 0 radical (unpaired) electrons. The number of nitrogens with one attached hydrogen (secondary N) is 1. The summed E-state index contributed by atoms with van der Waals surface area (Å²) in [5.41, 5.74) is 2.10. The van der Waals surface area contributed by atoms with Gasteiger partial charge < -0.3 is 5.32 Å². The van der Waals surface area contributed by atoms with Crippen molar-refractivity contribution in [1.29, 1.82) is 0 Å². The molecule has 4 heteroatoms. The van der Waals surface area contributed by atoms with E-state index in [0.29, 0.717) is 6.04 Å². The lowest BCUT2D eigenvalue weighted by molar-refractivity contribution is 0.125. The van der Waals surface area contributed by atoms with Gasteiger partial charge in [-0.05, 0) is 42.9 Å². The standard InChI is InChI=1S/C17H25FN2.ClH/c1-13-12-15(6-7-16(13)18)17(14-4-2-3-5-14)20-10-8-19-9-11-20;/h6-7,12,14,17,19H,2-5,8-11H2,1H3;1H/t17-;/m1./s1. The smallest absolute Gasteiger partial charge is 0.126 e. The fourth-order valence-electron chi connectivity index (χ4n) is 3.87. The van der Waals surface area contributed by atoms with Crippen LogP contribution in [0.2, 0.25) is 0 Å². The van der Waals surface area contributed by atoms with Crippen molar-refractivity contribution in [1.82, 2.24) is 10.2 Å².